The van der Waals surface area contributed by atoms with Gasteiger partial charge in [0.15, 0.2) is 0 Å². The number of benzene rings is 3. The number of nitrogens with one attached hydrogen (secondary N) is 2. The van der Waals surface area contributed by atoms with Gasteiger partial charge in [-0.2, -0.15) is 0 Å². The highest BCUT2D eigenvalue weighted by molar-refractivity contribution is 6.01. The summed E-state index contributed by atoms with van der Waals surface area (Å²) < 4.78 is 5.50. The average Bonchev–Trinajstić information content (AvgIpc) is 3.42. The fraction of sp³-hybridized carbons (Fsp3) is 0.281. The first-order valence-corrected chi connectivity index (χ1v) is 13.3. The Labute approximate surface area is 234 Å². The van der Waals surface area contributed by atoms with E-state index < -0.39 is 12.0 Å². The minimum absolute atomic E-state index is 0.0335. The SMILES string of the molecule is CCc1cc(C(=O)O)ccc1C#CC1CCCN1C(=O)Cc1ccc(NC(=O)Nc2ccccc2C)c(OC)c1. The molecule has 40 heavy (non-hydrogen) atoms. The molecule has 0 radical (unpaired) electrons. The van der Waals surface area contributed by atoms with Gasteiger partial charge in [-0.1, -0.05) is 43.0 Å². The van der Waals surface area contributed by atoms with Crippen molar-refractivity contribution in [2.24, 2.45) is 0 Å². The molecule has 0 spiro atoms. The van der Waals surface area contributed by atoms with Gasteiger partial charge in [-0.15, -0.1) is 0 Å². The number of ether oxygens (including phenoxy) is 1. The molecule has 1 aliphatic rings. The lowest BCUT2D eigenvalue weighted by Crippen LogP contribution is -2.35. The van der Waals surface area contributed by atoms with Gasteiger partial charge in [-0.05, 0) is 79.3 Å². The van der Waals surface area contributed by atoms with E-state index in [-0.39, 0.29) is 23.9 Å². The summed E-state index contributed by atoms with van der Waals surface area (Å²) in [7, 11) is 1.52. The van der Waals surface area contributed by atoms with E-state index in [1.54, 1.807) is 41.3 Å². The minimum Gasteiger partial charge on any atom is -0.495 e. The van der Waals surface area contributed by atoms with Gasteiger partial charge in [0.1, 0.15) is 5.75 Å². The van der Waals surface area contributed by atoms with Crippen LogP contribution in [-0.2, 0) is 17.6 Å². The number of para-hydroxylation sites is 1. The second kappa shape index (κ2) is 12.9. The highest BCUT2D eigenvalue weighted by Crippen LogP contribution is 2.27. The molecular weight excluding hydrogens is 506 g/mol. The number of nitrogens with zero attached hydrogens (tertiary/aromatic N) is 1. The summed E-state index contributed by atoms with van der Waals surface area (Å²) in [5.74, 6) is 5.89. The van der Waals surface area contributed by atoms with Gasteiger partial charge in [0.25, 0.3) is 0 Å². The molecule has 8 heteroatoms. The van der Waals surface area contributed by atoms with E-state index in [9.17, 15) is 19.5 Å². The van der Waals surface area contributed by atoms with Crippen molar-refractivity contribution < 1.29 is 24.2 Å². The highest BCUT2D eigenvalue weighted by atomic mass is 16.5. The fourth-order valence-corrected chi connectivity index (χ4v) is 4.73. The number of carbonyl (C=O) groups excluding carboxylic acids is 2. The maximum Gasteiger partial charge on any atom is 0.335 e. The molecular formula is C32H33N3O5. The van der Waals surface area contributed by atoms with Gasteiger partial charge in [0, 0.05) is 17.8 Å². The van der Waals surface area contributed by atoms with Gasteiger partial charge in [-0.25, -0.2) is 9.59 Å². The number of hydrogen-bond acceptors (Lipinski definition) is 4. The van der Waals surface area contributed by atoms with Gasteiger partial charge >= 0.3 is 12.0 Å². The number of carboxylic acids is 1. The smallest absolute Gasteiger partial charge is 0.335 e. The molecule has 206 valence electrons. The third-order valence-electron chi connectivity index (χ3n) is 6.94. The number of likely N-dealkylation sites (tertiary alicyclic amines) is 1. The topological polar surface area (TPSA) is 108 Å². The van der Waals surface area contributed by atoms with Crippen LogP contribution in [0.5, 0.6) is 5.75 Å². The molecule has 1 saturated heterocycles. The van der Waals surface area contributed by atoms with Crippen molar-refractivity contribution >= 4 is 29.3 Å². The number of methoxy groups -OCH3 is 1. The molecule has 0 saturated carbocycles. The van der Waals surface area contributed by atoms with Gasteiger partial charge in [0.05, 0.1) is 30.8 Å². The maximum atomic E-state index is 13.2. The Balaban J connectivity index is 1.42. The Kier molecular flexibility index (Phi) is 9.07. The van der Waals surface area contributed by atoms with E-state index in [2.05, 4.69) is 22.5 Å². The van der Waals surface area contributed by atoms with Crippen LogP contribution < -0.4 is 15.4 Å². The molecule has 3 amide bonds. The zero-order valence-electron chi connectivity index (χ0n) is 22.9. The predicted molar refractivity (Wildman–Crippen MR) is 155 cm³/mol. The van der Waals surface area contributed by atoms with Gasteiger partial charge in [0.2, 0.25) is 5.91 Å². The van der Waals surface area contributed by atoms with Crippen LogP contribution in [-0.4, -0.2) is 47.6 Å². The van der Waals surface area contributed by atoms with Crippen LogP contribution in [0.2, 0.25) is 0 Å². The van der Waals surface area contributed by atoms with Crippen LogP contribution in [0.15, 0.2) is 60.7 Å². The number of urea groups is 1. The molecule has 1 fully saturated rings. The molecule has 1 unspecified atom stereocenters. The van der Waals surface area contributed by atoms with Crippen molar-refractivity contribution in [3.05, 3.63) is 88.5 Å². The van der Waals surface area contributed by atoms with Crippen molar-refractivity contribution in [2.45, 2.75) is 45.6 Å². The van der Waals surface area contributed by atoms with E-state index in [0.29, 0.717) is 30.1 Å². The third kappa shape index (κ3) is 6.80. The fourth-order valence-electron chi connectivity index (χ4n) is 4.73. The summed E-state index contributed by atoms with van der Waals surface area (Å²) in [6.07, 6.45) is 2.50. The summed E-state index contributed by atoms with van der Waals surface area (Å²) in [6.45, 7) is 4.51. The number of amides is 3. The predicted octanol–water partition coefficient (Wildman–Crippen LogP) is 5.49. The van der Waals surface area contributed by atoms with E-state index in [4.69, 9.17) is 4.74 Å². The lowest BCUT2D eigenvalue weighted by molar-refractivity contribution is -0.130. The lowest BCUT2D eigenvalue weighted by Gasteiger charge is -2.21. The number of anilines is 2. The first-order valence-electron chi connectivity index (χ1n) is 13.3. The summed E-state index contributed by atoms with van der Waals surface area (Å²) in [5.41, 5.74) is 4.82. The van der Waals surface area contributed by atoms with Crippen LogP contribution in [0.4, 0.5) is 16.2 Å². The van der Waals surface area contributed by atoms with Crippen LogP contribution in [0, 0.1) is 18.8 Å². The zero-order chi connectivity index (χ0) is 28.6. The van der Waals surface area contributed by atoms with Crippen molar-refractivity contribution in [1.82, 2.24) is 4.90 Å². The van der Waals surface area contributed by atoms with E-state index in [1.165, 1.54) is 7.11 Å². The molecule has 0 aromatic heterocycles. The maximum absolute atomic E-state index is 13.2. The summed E-state index contributed by atoms with van der Waals surface area (Å²) >= 11 is 0. The second-order valence-electron chi connectivity index (χ2n) is 9.65. The van der Waals surface area contributed by atoms with Crippen molar-refractivity contribution in [1.29, 1.82) is 0 Å². The van der Waals surface area contributed by atoms with Crippen LogP contribution >= 0.6 is 0 Å². The number of rotatable bonds is 7. The number of aromatic carboxylic acids is 1. The summed E-state index contributed by atoms with van der Waals surface area (Å²) in [6, 6.07) is 17.1. The molecule has 0 aliphatic carbocycles. The lowest BCUT2D eigenvalue weighted by atomic mass is 10.0. The third-order valence-corrected chi connectivity index (χ3v) is 6.94. The Hall–Kier alpha value is -4.77. The number of hydrogen-bond donors (Lipinski definition) is 3. The first kappa shape index (κ1) is 28.2. The molecule has 3 aromatic carbocycles. The molecule has 1 heterocycles. The molecule has 4 rings (SSSR count). The monoisotopic (exact) mass is 539 g/mol. The number of carbonyl (C=O) groups is 3. The van der Waals surface area contributed by atoms with Crippen LogP contribution in [0.3, 0.4) is 0 Å². The van der Waals surface area contributed by atoms with Crippen molar-refractivity contribution in [3.8, 4) is 17.6 Å². The minimum atomic E-state index is -0.965. The second-order valence-corrected chi connectivity index (χ2v) is 9.65. The van der Waals surface area contributed by atoms with E-state index in [1.807, 2.05) is 38.1 Å². The number of aryl methyl sites for hydroxylation is 2. The Bertz CT molecular complexity index is 1490. The Morgan fingerprint density at radius 3 is 2.55 bits per heavy atom. The highest BCUT2D eigenvalue weighted by Gasteiger charge is 2.27. The van der Waals surface area contributed by atoms with Crippen LogP contribution in [0.25, 0.3) is 0 Å². The van der Waals surface area contributed by atoms with Crippen molar-refractivity contribution in [3.63, 3.8) is 0 Å². The summed E-state index contributed by atoms with van der Waals surface area (Å²) in [5, 5.41) is 14.9. The molecule has 1 aliphatic heterocycles. The quantitative estimate of drug-likeness (QED) is 0.344. The molecule has 3 aromatic rings. The van der Waals surface area contributed by atoms with Crippen LogP contribution in [0.1, 0.15) is 52.4 Å². The molecule has 3 N–H and O–H groups in total. The standard InChI is InChI=1S/C32H33N3O5/c1-4-23-20-25(31(37)38)13-12-24(23)14-15-26-9-7-17-35(26)30(36)19-22-11-16-28(29(18-22)40-3)34-32(39)33-27-10-6-5-8-21(27)2/h5-6,8,10-13,16,18,20,26H,4,7,9,17,19H2,1-3H3,(H,37,38)(H2,33,34,39). The van der Waals surface area contributed by atoms with Crippen molar-refractivity contribution in [2.75, 3.05) is 24.3 Å². The molecule has 1 atom stereocenters. The normalized spacial score (nSPS) is 14.2. The van der Waals surface area contributed by atoms with E-state index in [0.717, 1.165) is 35.1 Å². The summed E-state index contributed by atoms with van der Waals surface area (Å²) in [4.78, 5) is 38.9. The zero-order valence-corrected chi connectivity index (χ0v) is 22.9. The number of carboxylic acid groups (broad SMARTS) is 1. The first-order chi connectivity index (χ1) is 19.3. The Morgan fingerprint density at radius 2 is 1.82 bits per heavy atom. The molecule has 0 bridgehead atoms. The molecule has 8 nitrogen and oxygen atoms in total. The van der Waals surface area contributed by atoms with Gasteiger partial charge in [-0.3, -0.25) is 4.79 Å². The Morgan fingerprint density at radius 1 is 1.05 bits per heavy atom. The largest absolute Gasteiger partial charge is 0.495 e. The van der Waals surface area contributed by atoms with Gasteiger partial charge < -0.3 is 25.4 Å². The average molecular weight is 540 g/mol. The van der Waals surface area contributed by atoms with E-state index >= 15 is 0 Å².